The number of hydrogen-bond acceptors (Lipinski definition) is 2. The molecule has 1 heterocycles. The van der Waals surface area contributed by atoms with E-state index in [1.54, 1.807) is 4.90 Å². The highest BCUT2D eigenvalue weighted by Gasteiger charge is 2.44. The predicted molar refractivity (Wildman–Crippen MR) is 117 cm³/mol. The lowest BCUT2D eigenvalue weighted by Gasteiger charge is -2.39. The van der Waals surface area contributed by atoms with Gasteiger partial charge >= 0.3 is 0 Å². The number of amides is 2. The Bertz CT molecular complexity index is 890. The van der Waals surface area contributed by atoms with Gasteiger partial charge in [-0.3, -0.25) is 9.59 Å². The Labute approximate surface area is 174 Å². The number of rotatable bonds is 6. The van der Waals surface area contributed by atoms with Crippen molar-refractivity contribution in [2.45, 2.75) is 59.0 Å². The number of hydrogen-bond donors (Lipinski definition) is 1. The number of carbonyl (C=O) groups is 2. The van der Waals surface area contributed by atoms with Crippen LogP contribution in [0, 0.1) is 12.8 Å². The zero-order chi connectivity index (χ0) is 21.0. The zero-order valence-corrected chi connectivity index (χ0v) is 18.0. The first-order valence-corrected chi connectivity index (χ1v) is 10.6. The fourth-order valence-electron chi connectivity index (χ4n) is 3.93. The van der Waals surface area contributed by atoms with Crippen LogP contribution < -0.4 is 5.32 Å². The number of nitrogens with one attached hydrogen (secondary N) is 1. The minimum absolute atomic E-state index is 0.0621. The lowest BCUT2D eigenvalue weighted by atomic mass is 9.91. The van der Waals surface area contributed by atoms with Crippen molar-refractivity contribution >= 4 is 11.8 Å². The number of nitrogens with zero attached hydrogens (tertiary/aromatic N) is 1. The van der Waals surface area contributed by atoms with Crippen LogP contribution in [0.5, 0.6) is 0 Å². The molecular weight excluding hydrogens is 360 g/mol. The van der Waals surface area contributed by atoms with Crippen molar-refractivity contribution in [2.24, 2.45) is 5.92 Å². The van der Waals surface area contributed by atoms with Crippen LogP contribution in [0.3, 0.4) is 0 Å². The first kappa shape index (κ1) is 21.1. The minimum Gasteiger partial charge on any atom is -0.354 e. The second kappa shape index (κ2) is 8.81. The molecule has 2 amide bonds. The maximum absolute atomic E-state index is 13.6. The highest BCUT2D eigenvalue weighted by molar-refractivity contribution is 6.00. The molecule has 1 unspecified atom stereocenters. The lowest BCUT2D eigenvalue weighted by molar-refractivity contribution is -0.132. The monoisotopic (exact) mass is 392 g/mol. The number of benzene rings is 2. The first-order chi connectivity index (χ1) is 13.8. The van der Waals surface area contributed by atoms with Crippen LogP contribution in [0.25, 0.3) is 0 Å². The normalized spacial score (nSPS) is 19.1. The summed E-state index contributed by atoms with van der Waals surface area (Å²) in [5, 5.41) is 3.10. The van der Waals surface area contributed by atoms with Gasteiger partial charge in [0.1, 0.15) is 5.54 Å². The summed E-state index contributed by atoms with van der Waals surface area (Å²) in [7, 11) is 0. The van der Waals surface area contributed by atoms with E-state index in [1.807, 2.05) is 62.4 Å². The largest absolute Gasteiger partial charge is 0.354 e. The summed E-state index contributed by atoms with van der Waals surface area (Å²) in [6, 6.07) is 15.8. The molecule has 1 atom stereocenters. The Kier molecular flexibility index (Phi) is 6.41. The van der Waals surface area contributed by atoms with Crippen molar-refractivity contribution in [3.05, 3.63) is 70.8 Å². The first-order valence-electron chi connectivity index (χ1n) is 10.6. The van der Waals surface area contributed by atoms with E-state index in [0.717, 1.165) is 23.1 Å². The topological polar surface area (TPSA) is 49.4 Å². The van der Waals surface area contributed by atoms with Gasteiger partial charge in [-0.1, -0.05) is 56.3 Å². The van der Waals surface area contributed by atoms with E-state index in [9.17, 15) is 9.59 Å². The van der Waals surface area contributed by atoms with Gasteiger partial charge in [0, 0.05) is 18.7 Å². The van der Waals surface area contributed by atoms with E-state index >= 15 is 0 Å². The molecule has 0 aliphatic carbocycles. The van der Waals surface area contributed by atoms with Crippen molar-refractivity contribution in [1.29, 1.82) is 0 Å². The molecule has 154 valence electrons. The van der Waals surface area contributed by atoms with Gasteiger partial charge < -0.3 is 10.2 Å². The molecule has 0 radical (unpaired) electrons. The van der Waals surface area contributed by atoms with Crippen LogP contribution in [0.1, 0.15) is 60.7 Å². The van der Waals surface area contributed by atoms with Crippen LogP contribution in [-0.4, -0.2) is 28.8 Å². The molecule has 1 N–H and O–H groups in total. The summed E-state index contributed by atoms with van der Waals surface area (Å²) in [5.41, 5.74) is 3.03. The second-order valence-electron chi connectivity index (χ2n) is 8.69. The summed E-state index contributed by atoms with van der Waals surface area (Å²) in [4.78, 5) is 28.7. The third kappa shape index (κ3) is 4.52. The Morgan fingerprint density at radius 3 is 2.55 bits per heavy atom. The molecule has 4 heteroatoms. The fraction of sp³-hybridized carbons (Fsp3) is 0.440. The number of carbonyl (C=O) groups excluding carboxylic acids is 2. The molecule has 0 saturated heterocycles. The molecular formula is C25H32N2O2. The van der Waals surface area contributed by atoms with Gasteiger partial charge in [-0.25, -0.2) is 0 Å². The molecule has 0 bridgehead atoms. The Morgan fingerprint density at radius 1 is 1.14 bits per heavy atom. The molecule has 1 aliphatic rings. The Balaban J connectivity index is 1.97. The molecule has 2 aromatic carbocycles. The van der Waals surface area contributed by atoms with Crippen molar-refractivity contribution in [1.82, 2.24) is 10.2 Å². The number of fused-ring (bicyclic) bond motifs is 1. The molecule has 0 fully saturated rings. The third-order valence-corrected chi connectivity index (χ3v) is 6.06. The summed E-state index contributed by atoms with van der Waals surface area (Å²) < 4.78 is 0. The molecule has 29 heavy (non-hydrogen) atoms. The maximum Gasteiger partial charge on any atom is 0.255 e. The van der Waals surface area contributed by atoms with E-state index in [1.165, 1.54) is 0 Å². The summed E-state index contributed by atoms with van der Waals surface area (Å²) in [5.74, 6) is 0.391. The fourth-order valence-corrected chi connectivity index (χ4v) is 3.93. The van der Waals surface area contributed by atoms with Gasteiger partial charge in [0.2, 0.25) is 5.91 Å². The molecule has 0 spiro atoms. The van der Waals surface area contributed by atoms with Gasteiger partial charge in [-0.2, -0.15) is 0 Å². The highest BCUT2D eigenvalue weighted by Crippen LogP contribution is 2.32. The van der Waals surface area contributed by atoms with Crippen molar-refractivity contribution in [3.63, 3.8) is 0 Å². The molecule has 0 saturated carbocycles. The van der Waals surface area contributed by atoms with Gasteiger partial charge in [0.25, 0.3) is 5.91 Å². The van der Waals surface area contributed by atoms with E-state index < -0.39 is 5.54 Å². The lowest BCUT2D eigenvalue weighted by Crippen LogP contribution is -2.58. The van der Waals surface area contributed by atoms with Crippen LogP contribution in [0.2, 0.25) is 0 Å². The standard InChI is InChI=1S/C25H32N2O2/c1-18(2)14-16-26-24(29)25(4)15-13-20-10-7-8-12-22(20)23(28)27(25)17-21-11-6-5-9-19(21)3/h5-12,18H,13-17H2,1-4H3,(H,26,29). The predicted octanol–water partition coefficient (Wildman–Crippen LogP) is 4.50. The summed E-state index contributed by atoms with van der Waals surface area (Å²) >= 11 is 0. The highest BCUT2D eigenvalue weighted by atomic mass is 16.2. The van der Waals surface area contributed by atoms with Gasteiger partial charge in [-0.15, -0.1) is 0 Å². The minimum atomic E-state index is -0.893. The maximum atomic E-state index is 13.6. The van der Waals surface area contributed by atoms with E-state index in [2.05, 4.69) is 19.2 Å². The number of aryl methyl sites for hydroxylation is 2. The van der Waals surface area contributed by atoms with Crippen LogP contribution in [0.15, 0.2) is 48.5 Å². The molecule has 2 aromatic rings. The smallest absolute Gasteiger partial charge is 0.255 e. The van der Waals surface area contributed by atoms with Gasteiger partial charge in [0.15, 0.2) is 0 Å². The van der Waals surface area contributed by atoms with E-state index in [-0.39, 0.29) is 11.8 Å². The van der Waals surface area contributed by atoms with Crippen molar-refractivity contribution < 1.29 is 9.59 Å². The zero-order valence-electron chi connectivity index (χ0n) is 18.0. The van der Waals surface area contributed by atoms with Crippen LogP contribution in [0.4, 0.5) is 0 Å². The van der Waals surface area contributed by atoms with Crippen LogP contribution >= 0.6 is 0 Å². The van der Waals surface area contributed by atoms with Crippen molar-refractivity contribution in [2.75, 3.05) is 6.54 Å². The van der Waals surface area contributed by atoms with Gasteiger partial charge in [0.05, 0.1) is 0 Å². The summed E-state index contributed by atoms with van der Waals surface area (Å²) in [6.45, 7) is 9.30. The van der Waals surface area contributed by atoms with E-state index in [4.69, 9.17) is 0 Å². The average Bonchev–Trinajstić information content (AvgIpc) is 2.80. The van der Waals surface area contributed by atoms with Crippen molar-refractivity contribution in [3.8, 4) is 0 Å². The van der Waals surface area contributed by atoms with E-state index in [0.29, 0.717) is 37.4 Å². The third-order valence-electron chi connectivity index (χ3n) is 6.06. The molecule has 4 nitrogen and oxygen atoms in total. The molecule has 0 aromatic heterocycles. The SMILES string of the molecule is Cc1ccccc1CN1C(=O)c2ccccc2CCC1(C)C(=O)NCCC(C)C. The molecule has 3 rings (SSSR count). The Morgan fingerprint density at radius 2 is 1.83 bits per heavy atom. The molecule has 1 aliphatic heterocycles. The van der Waals surface area contributed by atoms with Gasteiger partial charge in [-0.05, 0) is 61.8 Å². The Hall–Kier alpha value is -2.62. The quantitative estimate of drug-likeness (QED) is 0.787. The van der Waals surface area contributed by atoms with Crippen LogP contribution in [-0.2, 0) is 17.8 Å². The second-order valence-corrected chi connectivity index (χ2v) is 8.69. The average molecular weight is 393 g/mol. The summed E-state index contributed by atoms with van der Waals surface area (Å²) in [6.07, 6.45) is 2.24.